The van der Waals surface area contributed by atoms with Gasteiger partial charge in [0.25, 0.3) is 0 Å². The molecule has 0 unspecified atom stereocenters. The van der Waals surface area contributed by atoms with Crippen molar-refractivity contribution >= 4 is 11.7 Å². The summed E-state index contributed by atoms with van der Waals surface area (Å²) in [4.78, 5) is 11.9. The number of rotatable bonds is 6. The number of unbranched alkanes of at least 4 members (excludes halogenated alkanes) is 1. The van der Waals surface area contributed by atoms with E-state index < -0.39 is 17.6 Å². The van der Waals surface area contributed by atoms with Crippen molar-refractivity contribution in [1.82, 2.24) is 0 Å². The normalized spacial score (nSPS) is 10.3. The molecule has 1 rings (SSSR count). The van der Waals surface area contributed by atoms with E-state index in [2.05, 4.69) is 0 Å². The molecule has 0 aliphatic heterocycles. The Morgan fingerprint density at radius 2 is 2.06 bits per heavy atom. The third kappa shape index (κ3) is 4.38. The molecule has 3 nitrogen and oxygen atoms in total. The van der Waals surface area contributed by atoms with Gasteiger partial charge in [0, 0.05) is 26.1 Å². The number of carboxylic acids is 1. The fourth-order valence-electron chi connectivity index (χ4n) is 1.52. The number of hydrogen-bond acceptors (Lipinski definition) is 2. The van der Waals surface area contributed by atoms with E-state index >= 15 is 0 Å². The smallest absolute Gasteiger partial charge is 0.303 e. The van der Waals surface area contributed by atoms with Crippen LogP contribution in [0, 0.1) is 11.6 Å². The lowest BCUT2D eigenvalue weighted by Gasteiger charge is -2.19. The standard InChI is InChI=1S/C12H15F2NO2/c1-15(7-3-2-4-12(16)17)11-8-9(13)5-6-10(11)14/h5-6,8H,2-4,7H2,1H3,(H,16,17). The first-order valence-electron chi connectivity index (χ1n) is 5.38. The fourth-order valence-corrected chi connectivity index (χ4v) is 1.52. The summed E-state index contributed by atoms with van der Waals surface area (Å²) in [7, 11) is 1.65. The molecule has 0 aliphatic carbocycles. The zero-order valence-corrected chi connectivity index (χ0v) is 9.62. The molecule has 0 amide bonds. The van der Waals surface area contributed by atoms with Crippen LogP contribution in [0.4, 0.5) is 14.5 Å². The molecule has 1 N–H and O–H groups in total. The molecule has 5 heteroatoms. The Balaban J connectivity index is 2.49. The van der Waals surface area contributed by atoms with Crippen molar-refractivity contribution in [3.8, 4) is 0 Å². The molecular weight excluding hydrogens is 228 g/mol. The summed E-state index contributed by atoms with van der Waals surface area (Å²) in [6, 6.07) is 3.28. The number of carbonyl (C=O) groups is 1. The van der Waals surface area contributed by atoms with Crippen LogP contribution in [0.25, 0.3) is 0 Å². The number of carboxylic acid groups (broad SMARTS) is 1. The van der Waals surface area contributed by atoms with E-state index in [1.165, 1.54) is 0 Å². The average molecular weight is 243 g/mol. The molecule has 0 atom stereocenters. The minimum Gasteiger partial charge on any atom is -0.481 e. The third-order valence-corrected chi connectivity index (χ3v) is 2.45. The maximum absolute atomic E-state index is 13.4. The molecule has 94 valence electrons. The van der Waals surface area contributed by atoms with Gasteiger partial charge >= 0.3 is 5.97 Å². The van der Waals surface area contributed by atoms with Gasteiger partial charge in [-0.1, -0.05) is 0 Å². The first-order chi connectivity index (χ1) is 8.00. The highest BCUT2D eigenvalue weighted by Crippen LogP contribution is 2.19. The Hall–Kier alpha value is -1.65. The predicted octanol–water partition coefficient (Wildman–Crippen LogP) is 2.66. The lowest BCUT2D eigenvalue weighted by atomic mass is 10.2. The van der Waals surface area contributed by atoms with E-state index in [1.807, 2.05) is 0 Å². The lowest BCUT2D eigenvalue weighted by molar-refractivity contribution is -0.137. The van der Waals surface area contributed by atoms with Crippen molar-refractivity contribution in [3.05, 3.63) is 29.8 Å². The highest BCUT2D eigenvalue weighted by molar-refractivity contribution is 5.66. The topological polar surface area (TPSA) is 40.5 Å². The second-order valence-electron chi connectivity index (χ2n) is 3.87. The molecule has 1 aromatic carbocycles. The van der Waals surface area contributed by atoms with Crippen LogP contribution >= 0.6 is 0 Å². The highest BCUT2D eigenvalue weighted by atomic mass is 19.1. The van der Waals surface area contributed by atoms with Crippen molar-refractivity contribution in [2.24, 2.45) is 0 Å². The second-order valence-corrected chi connectivity index (χ2v) is 3.87. The number of nitrogens with zero attached hydrogens (tertiary/aromatic N) is 1. The van der Waals surface area contributed by atoms with Gasteiger partial charge in [0.15, 0.2) is 0 Å². The zero-order valence-electron chi connectivity index (χ0n) is 9.62. The van der Waals surface area contributed by atoms with Gasteiger partial charge in [0.05, 0.1) is 5.69 Å². The van der Waals surface area contributed by atoms with Crippen molar-refractivity contribution in [2.45, 2.75) is 19.3 Å². The Labute approximate surface area is 98.7 Å². The molecule has 0 spiro atoms. The molecule has 0 aromatic heterocycles. The third-order valence-electron chi connectivity index (χ3n) is 2.45. The maximum Gasteiger partial charge on any atom is 0.303 e. The number of halogens is 2. The van der Waals surface area contributed by atoms with Gasteiger partial charge in [-0.15, -0.1) is 0 Å². The van der Waals surface area contributed by atoms with Crippen LogP contribution in [0.1, 0.15) is 19.3 Å². The van der Waals surface area contributed by atoms with Gasteiger partial charge < -0.3 is 10.0 Å². The molecule has 0 heterocycles. The van der Waals surface area contributed by atoms with Crippen molar-refractivity contribution < 1.29 is 18.7 Å². The maximum atomic E-state index is 13.4. The van der Waals surface area contributed by atoms with Crippen molar-refractivity contribution in [3.63, 3.8) is 0 Å². The molecular formula is C12H15F2NO2. The minimum absolute atomic E-state index is 0.0967. The molecule has 0 fully saturated rings. The van der Waals surface area contributed by atoms with Crippen LogP contribution in [0.5, 0.6) is 0 Å². The number of benzene rings is 1. The highest BCUT2D eigenvalue weighted by Gasteiger charge is 2.08. The van der Waals surface area contributed by atoms with Gasteiger partial charge in [-0.25, -0.2) is 8.78 Å². The predicted molar refractivity (Wildman–Crippen MR) is 61.1 cm³/mol. The number of anilines is 1. The van der Waals surface area contributed by atoms with Crippen molar-refractivity contribution in [2.75, 3.05) is 18.5 Å². The minimum atomic E-state index is -0.843. The SMILES string of the molecule is CN(CCCCC(=O)O)c1cc(F)ccc1F. The summed E-state index contributed by atoms with van der Waals surface area (Å²) in [5.74, 6) is -1.81. The van der Waals surface area contributed by atoms with Gasteiger partial charge in [-0.05, 0) is 25.0 Å². The van der Waals surface area contributed by atoms with Gasteiger partial charge in [0.2, 0.25) is 0 Å². The van der Waals surface area contributed by atoms with E-state index in [1.54, 1.807) is 11.9 Å². The van der Waals surface area contributed by atoms with E-state index in [9.17, 15) is 13.6 Å². The van der Waals surface area contributed by atoms with Crippen molar-refractivity contribution in [1.29, 1.82) is 0 Å². The first-order valence-corrected chi connectivity index (χ1v) is 5.38. The largest absolute Gasteiger partial charge is 0.481 e. The number of aliphatic carboxylic acids is 1. The summed E-state index contributed by atoms with van der Waals surface area (Å²) in [5.41, 5.74) is 0.195. The molecule has 1 aromatic rings. The van der Waals surface area contributed by atoms with Gasteiger partial charge in [0.1, 0.15) is 11.6 Å². The van der Waals surface area contributed by atoms with Gasteiger partial charge in [-0.2, -0.15) is 0 Å². The van der Waals surface area contributed by atoms with E-state index in [0.717, 1.165) is 18.2 Å². The molecule has 0 radical (unpaired) electrons. The van der Waals surface area contributed by atoms with Crippen LogP contribution in [0.2, 0.25) is 0 Å². The monoisotopic (exact) mass is 243 g/mol. The Bertz CT molecular complexity index is 396. The van der Waals surface area contributed by atoms with Crippen LogP contribution in [0.3, 0.4) is 0 Å². The van der Waals surface area contributed by atoms with Crippen LogP contribution in [0.15, 0.2) is 18.2 Å². The molecule has 0 saturated heterocycles. The van der Waals surface area contributed by atoms with E-state index in [-0.39, 0.29) is 12.1 Å². The fraction of sp³-hybridized carbons (Fsp3) is 0.417. The average Bonchev–Trinajstić information content (AvgIpc) is 2.27. The lowest BCUT2D eigenvalue weighted by Crippen LogP contribution is -2.20. The summed E-state index contributed by atoms with van der Waals surface area (Å²) >= 11 is 0. The van der Waals surface area contributed by atoms with Gasteiger partial charge in [-0.3, -0.25) is 4.79 Å². The van der Waals surface area contributed by atoms with Crippen LogP contribution in [-0.4, -0.2) is 24.7 Å². The zero-order chi connectivity index (χ0) is 12.8. The number of hydrogen-bond donors (Lipinski definition) is 1. The van der Waals surface area contributed by atoms with Crippen LogP contribution < -0.4 is 4.90 Å². The summed E-state index contributed by atoms with van der Waals surface area (Å²) < 4.78 is 26.3. The first kappa shape index (κ1) is 13.4. The van der Waals surface area contributed by atoms with E-state index in [4.69, 9.17) is 5.11 Å². The second kappa shape index (κ2) is 6.18. The quantitative estimate of drug-likeness (QED) is 0.781. The molecule has 0 aliphatic rings. The Morgan fingerprint density at radius 3 is 2.71 bits per heavy atom. The Kier molecular flexibility index (Phi) is 4.87. The molecule has 0 bridgehead atoms. The molecule has 17 heavy (non-hydrogen) atoms. The Morgan fingerprint density at radius 1 is 1.35 bits per heavy atom. The molecule has 0 saturated carbocycles. The summed E-state index contributed by atoms with van der Waals surface area (Å²) in [6.07, 6.45) is 1.24. The summed E-state index contributed by atoms with van der Waals surface area (Å²) in [6.45, 7) is 0.494. The van der Waals surface area contributed by atoms with Crippen LogP contribution in [-0.2, 0) is 4.79 Å². The van der Waals surface area contributed by atoms with E-state index in [0.29, 0.717) is 19.4 Å². The summed E-state index contributed by atoms with van der Waals surface area (Å²) in [5, 5.41) is 8.45.